The van der Waals surface area contributed by atoms with E-state index in [2.05, 4.69) is 19.9 Å². The molecule has 0 atom stereocenters. The Kier molecular flexibility index (Phi) is 26.7. The fourth-order valence-electron chi connectivity index (χ4n) is 1.25. The molecule has 35 heavy (non-hydrogen) atoms. The normalized spacial score (nSPS) is 8.80. The van der Waals surface area contributed by atoms with Crippen LogP contribution in [0.25, 0.3) is 0 Å². The second kappa shape index (κ2) is 25.6. The first kappa shape index (κ1) is 36.5. The van der Waals surface area contributed by atoms with E-state index in [1.54, 1.807) is 49.6 Å². The summed E-state index contributed by atoms with van der Waals surface area (Å²) in [7, 11) is -7.83. The Morgan fingerprint density at radius 1 is 0.400 bits per heavy atom. The molecule has 0 saturated carbocycles. The van der Waals surface area contributed by atoms with Crippen molar-refractivity contribution in [3.8, 4) is 0 Å². The topological polar surface area (TPSA) is 166 Å². The number of hydrogen-bond donors (Lipinski definition) is 0. The molecule has 0 aliphatic rings. The van der Waals surface area contributed by atoms with Gasteiger partial charge in [0.15, 0.2) is 0 Å². The third-order valence-corrected chi connectivity index (χ3v) is 2.27. The van der Waals surface area contributed by atoms with E-state index in [0.717, 1.165) is 0 Å². The van der Waals surface area contributed by atoms with Gasteiger partial charge in [0.1, 0.15) is 0 Å². The molecule has 0 aliphatic heterocycles. The van der Waals surface area contributed by atoms with E-state index in [1.165, 1.54) is 0 Å². The van der Waals surface area contributed by atoms with Gasteiger partial charge < -0.3 is 9.11 Å². The first-order chi connectivity index (χ1) is 16.0. The molecule has 0 amide bonds. The van der Waals surface area contributed by atoms with Crippen molar-refractivity contribution < 1.29 is 43.0 Å². The van der Waals surface area contributed by atoms with Gasteiger partial charge in [-0.2, -0.15) is 0 Å². The summed E-state index contributed by atoms with van der Waals surface area (Å²) in [5, 5.41) is 0. The van der Waals surface area contributed by atoms with Gasteiger partial charge in [0.25, 0.3) is 0 Å². The molecule has 0 fully saturated rings. The molecule has 0 unspecified atom stereocenters. The van der Waals surface area contributed by atoms with Crippen molar-refractivity contribution in [1.29, 1.82) is 0 Å². The van der Waals surface area contributed by atoms with E-state index in [0.29, 0.717) is 12.5 Å². The molecule has 0 aliphatic carbocycles. The fraction of sp³-hybridized carbons (Fsp3) is 0.0909. The van der Waals surface area contributed by atoms with Gasteiger partial charge in [-0.25, -0.2) is 16.8 Å². The van der Waals surface area contributed by atoms with Crippen LogP contribution in [0.15, 0.2) is 122 Å². The maximum Gasteiger partial charge on any atom is 2.00 e. The number of pyridine rings is 4. The van der Waals surface area contributed by atoms with Crippen LogP contribution in [0.3, 0.4) is 0 Å². The summed E-state index contributed by atoms with van der Waals surface area (Å²) in [5.74, 6) is 0. The Morgan fingerprint density at radius 3 is 0.543 bits per heavy atom. The van der Waals surface area contributed by atoms with Crippen LogP contribution in [0.5, 0.6) is 0 Å². The quantitative estimate of drug-likeness (QED) is 0.227. The van der Waals surface area contributed by atoms with Gasteiger partial charge in [-0.1, -0.05) is 24.3 Å². The Hall–Kier alpha value is -3.06. The van der Waals surface area contributed by atoms with Gasteiger partial charge in [-0.3, -0.25) is 19.9 Å². The molecule has 10 nitrogen and oxygen atoms in total. The van der Waals surface area contributed by atoms with Crippen LogP contribution in [0.1, 0.15) is 0 Å². The summed E-state index contributed by atoms with van der Waals surface area (Å²) in [5.41, 5.74) is 0. The van der Waals surface area contributed by atoms with Gasteiger partial charge in [0, 0.05) is 62.1 Å². The SMILES string of the molecule is CS(=O)(=O)[O-].CS(=O)(=O)[O-].[Cu+2].c1ccncc1.c1ccncc1.c1ccncc1.c1ccncc1. The number of nitrogens with zero attached hydrogens (tertiary/aromatic N) is 4. The maximum absolute atomic E-state index is 9.08. The van der Waals surface area contributed by atoms with E-state index in [1.807, 2.05) is 72.8 Å². The first-order valence-corrected chi connectivity index (χ1v) is 12.8. The average Bonchev–Trinajstić information content (AvgIpc) is 2.83. The molecule has 4 heterocycles. The van der Waals surface area contributed by atoms with Crippen LogP contribution in [0.4, 0.5) is 0 Å². The summed E-state index contributed by atoms with van der Waals surface area (Å²) in [6.07, 6.45) is 15.2. The smallest absolute Gasteiger partial charge is 0.748 e. The fourth-order valence-corrected chi connectivity index (χ4v) is 1.25. The molecule has 13 heteroatoms. The predicted molar refractivity (Wildman–Crippen MR) is 128 cm³/mol. The van der Waals surface area contributed by atoms with Crippen molar-refractivity contribution in [3.05, 3.63) is 122 Å². The van der Waals surface area contributed by atoms with E-state index in [-0.39, 0.29) is 17.1 Å². The molecule has 0 spiro atoms. The first-order valence-electron chi connectivity index (χ1n) is 9.22. The van der Waals surface area contributed by atoms with Crippen LogP contribution < -0.4 is 0 Å². The van der Waals surface area contributed by atoms with Crippen LogP contribution in [0.2, 0.25) is 0 Å². The molecule has 0 saturated heterocycles. The van der Waals surface area contributed by atoms with Crippen LogP contribution in [0, 0.1) is 0 Å². The van der Waals surface area contributed by atoms with E-state index in [4.69, 9.17) is 25.9 Å². The molecule has 0 N–H and O–H groups in total. The third-order valence-electron chi connectivity index (χ3n) is 2.27. The zero-order valence-corrected chi connectivity index (χ0v) is 21.5. The average molecular weight is 570 g/mol. The largest absolute Gasteiger partial charge is 2.00 e. The minimum atomic E-state index is -3.92. The Bertz CT molecular complexity index is 835. The van der Waals surface area contributed by atoms with Crippen molar-refractivity contribution in [2.24, 2.45) is 0 Å². The summed E-state index contributed by atoms with van der Waals surface area (Å²) in [6.45, 7) is 0. The standard InChI is InChI=1S/4C5H5N.2CH4O3S.Cu/c4*1-2-4-6-5-3-1;2*1-5(2,3)4;/h4*1-5H;2*1H3,(H,2,3,4);/q;;;;;;+2/p-2. The van der Waals surface area contributed by atoms with Gasteiger partial charge in [0.2, 0.25) is 0 Å². The third kappa shape index (κ3) is 59.1. The minimum absolute atomic E-state index is 0. The zero-order valence-electron chi connectivity index (χ0n) is 18.9. The summed E-state index contributed by atoms with van der Waals surface area (Å²) >= 11 is 0. The number of rotatable bonds is 0. The van der Waals surface area contributed by atoms with Crippen molar-refractivity contribution >= 4 is 20.2 Å². The van der Waals surface area contributed by atoms with Gasteiger partial charge in [-0.15, -0.1) is 0 Å². The molecule has 0 aromatic carbocycles. The Morgan fingerprint density at radius 2 is 0.514 bits per heavy atom. The van der Waals surface area contributed by atoms with Crippen LogP contribution in [-0.4, -0.2) is 58.4 Å². The Balaban J connectivity index is -0.000000350. The Labute approximate surface area is 217 Å². The van der Waals surface area contributed by atoms with Crippen molar-refractivity contribution in [2.45, 2.75) is 0 Å². The molecule has 193 valence electrons. The van der Waals surface area contributed by atoms with E-state index in [9.17, 15) is 0 Å². The molecular formula is C22H26CuN4O6S2. The molecule has 1 radical (unpaired) electrons. The molecule has 0 bridgehead atoms. The summed E-state index contributed by atoms with van der Waals surface area (Å²) in [6, 6.07) is 22.9. The van der Waals surface area contributed by atoms with Crippen molar-refractivity contribution in [1.82, 2.24) is 19.9 Å². The monoisotopic (exact) mass is 569 g/mol. The van der Waals surface area contributed by atoms with Crippen molar-refractivity contribution in [2.75, 3.05) is 12.5 Å². The summed E-state index contributed by atoms with van der Waals surface area (Å²) < 4.78 is 54.5. The second-order valence-electron chi connectivity index (χ2n) is 5.51. The molecule has 4 aromatic heterocycles. The zero-order chi connectivity index (χ0) is 26.0. The molecule has 4 rings (SSSR count). The van der Waals surface area contributed by atoms with Gasteiger partial charge in [-0.05, 0) is 48.5 Å². The van der Waals surface area contributed by atoms with Crippen molar-refractivity contribution in [3.63, 3.8) is 0 Å². The van der Waals surface area contributed by atoms with E-state index >= 15 is 0 Å². The van der Waals surface area contributed by atoms with Gasteiger partial charge >= 0.3 is 17.1 Å². The minimum Gasteiger partial charge on any atom is -0.748 e. The van der Waals surface area contributed by atoms with Gasteiger partial charge in [0.05, 0.1) is 20.2 Å². The second-order valence-corrected chi connectivity index (χ2v) is 8.32. The summed E-state index contributed by atoms with van der Waals surface area (Å²) in [4.78, 5) is 15.1. The number of hydrogen-bond acceptors (Lipinski definition) is 10. The number of aromatic nitrogens is 4. The maximum atomic E-state index is 9.08. The predicted octanol–water partition coefficient (Wildman–Crippen LogP) is 2.65. The van der Waals surface area contributed by atoms with Crippen LogP contribution in [-0.2, 0) is 37.3 Å². The van der Waals surface area contributed by atoms with Crippen LogP contribution >= 0.6 is 0 Å². The molecular weight excluding hydrogens is 544 g/mol. The van der Waals surface area contributed by atoms with E-state index < -0.39 is 20.2 Å². The molecule has 4 aromatic rings.